The maximum Gasteiger partial charge on any atom is 0.243 e. The smallest absolute Gasteiger partial charge is 0.243 e. The second-order valence-corrected chi connectivity index (χ2v) is 9.47. The van der Waals surface area contributed by atoms with Gasteiger partial charge in [0.15, 0.2) is 0 Å². The molecule has 0 aliphatic carbocycles. The van der Waals surface area contributed by atoms with Crippen LogP contribution in [0, 0.1) is 5.82 Å². The van der Waals surface area contributed by atoms with Gasteiger partial charge in [-0.2, -0.15) is 4.31 Å². The maximum absolute atomic E-state index is 13.0. The van der Waals surface area contributed by atoms with Crippen LogP contribution in [0.3, 0.4) is 0 Å². The minimum Gasteiger partial charge on any atom is -0.495 e. The third-order valence-corrected chi connectivity index (χ3v) is 6.05. The molecule has 8 heteroatoms. The van der Waals surface area contributed by atoms with Crippen LogP contribution in [0.15, 0.2) is 47.4 Å². The number of hydrogen-bond donors (Lipinski definition) is 1. The molecule has 28 heavy (non-hydrogen) atoms. The summed E-state index contributed by atoms with van der Waals surface area (Å²) in [5, 5.41) is 2.71. The highest BCUT2D eigenvalue weighted by Crippen LogP contribution is 2.31. The van der Waals surface area contributed by atoms with Gasteiger partial charge in [-0.05, 0) is 47.4 Å². The number of nitrogens with one attached hydrogen (secondary N) is 1. The van der Waals surface area contributed by atoms with Gasteiger partial charge in [0.25, 0.3) is 0 Å². The molecule has 1 N–H and O–H groups in total. The molecule has 0 aliphatic heterocycles. The number of hydrogen-bond acceptors (Lipinski definition) is 4. The Morgan fingerprint density at radius 2 is 1.75 bits per heavy atom. The van der Waals surface area contributed by atoms with E-state index in [9.17, 15) is 17.6 Å². The molecule has 0 fully saturated rings. The third kappa shape index (κ3) is 5.08. The van der Waals surface area contributed by atoms with Crippen molar-refractivity contribution < 1.29 is 22.3 Å². The minimum absolute atomic E-state index is 0.0866. The number of sulfonamides is 1. The quantitative estimate of drug-likeness (QED) is 0.795. The van der Waals surface area contributed by atoms with Crippen LogP contribution < -0.4 is 10.1 Å². The van der Waals surface area contributed by atoms with E-state index < -0.39 is 28.3 Å². The highest BCUT2D eigenvalue weighted by molar-refractivity contribution is 7.89. The number of anilines is 1. The predicted molar refractivity (Wildman–Crippen MR) is 107 cm³/mol. The molecule has 0 radical (unpaired) electrons. The van der Waals surface area contributed by atoms with Gasteiger partial charge in [0, 0.05) is 7.05 Å². The molecule has 2 rings (SSSR count). The molecule has 6 nitrogen and oxygen atoms in total. The molecule has 0 saturated carbocycles. The van der Waals surface area contributed by atoms with Crippen molar-refractivity contribution in [2.24, 2.45) is 0 Å². The fourth-order valence-corrected chi connectivity index (χ4v) is 3.66. The van der Waals surface area contributed by atoms with Gasteiger partial charge in [-0.1, -0.05) is 26.8 Å². The largest absolute Gasteiger partial charge is 0.495 e. The average Bonchev–Trinajstić information content (AvgIpc) is 2.61. The van der Waals surface area contributed by atoms with Crippen molar-refractivity contribution in [3.8, 4) is 5.75 Å². The molecule has 152 valence electrons. The fourth-order valence-electron chi connectivity index (χ4n) is 2.54. The summed E-state index contributed by atoms with van der Waals surface area (Å²) >= 11 is 0. The van der Waals surface area contributed by atoms with E-state index >= 15 is 0 Å². The molecule has 0 unspecified atom stereocenters. The number of nitrogens with zero attached hydrogens (tertiary/aromatic N) is 1. The molecule has 0 atom stereocenters. The Hall–Kier alpha value is -2.45. The van der Waals surface area contributed by atoms with Crippen molar-refractivity contribution in [2.75, 3.05) is 26.0 Å². The minimum atomic E-state index is -3.92. The summed E-state index contributed by atoms with van der Waals surface area (Å²) in [5.41, 5.74) is 1.33. The molecule has 2 aromatic carbocycles. The number of rotatable bonds is 6. The van der Waals surface area contributed by atoms with Crippen LogP contribution in [-0.2, 0) is 20.2 Å². The first-order chi connectivity index (χ1) is 12.9. The van der Waals surface area contributed by atoms with E-state index in [2.05, 4.69) is 5.32 Å². The maximum atomic E-state index is 13.0. The number of likely N-dealkylation sites (N-methyl/N-ethyl adjacent to an activating group) is 1. The number of benzene rings is 2. The lowest BCUT2D eigenvalue weighted by Crippen LogP contribution is -2.35. The van der Waals surface area contributed by atoms with Gasteiger partial charge in [0.1, 0.15) is 11.6 Å². The standard InChI is InChI=1S/C20H25FN2O4S/c1-20(2,3)14-6-11-18(27-5)17(12-14)22-19(24)13-23(4)28(25,26)16-9-7-15(21)8-10-16/h6-12H,13H2,1-5H3,(H,22,24). The van der Waals surface area contributed by atoms with Gasteiger partial charge >= 0.3 is 0 Å². The zero-order chi connectivity index (χ0) is 21.1. The number of methoxy groups -OCH3 is 1. The fraction of sp³-hybridized carbons (Fsp3) is 0.350. The van der Waals surface area contributed by atoms with E-state index in [1.165, 1.54) is 14.2 Å². The lowest BCUT2D eigenvalue weighted by atomic mass is 9.87. The van der Waals surface area contributed by atoms with Crippen molar-refractivity contribution in [3.05, 3.63) is 53.8 Å². The molecule has 0 spiro atoms. The summed E-state index contributed by atoms with van der Waals surface area (Å²) < 4.78 is 44.3. The first kappa shape index (κ1) is 21.8. The zero-order valence-electron chi connectivity index (χ0n) is 16.6. The molecular formula is C20H25FN2O4S. The first-order valence-electron chi connectivity index (χ1n) is 8.65. The summed E-state index contributed by atoms with van der Waals surface area (Å²) in [6.45, 7) is 5.74. The highest BCUT2D eigenvalue weighted by atomic mass is 32.2. The van der Waals surface area contributed by atoms with Crippen molar-refractivity contribution in [3.63, 3.8) is 0 Å². The third-order valence-electron chi connectivity index (χ3n) is 4.23. The second-order valence-electron chi connectivity index (χ2n) is 7.43. The van der Waals surface area contributed by atoms with Gasteiger partial charge < -0.3 is 10.1 Å². The van der Waals surface area contributed by atoms with E-state index in [-0.39, 0.29) is 10.3 Å². The molecular weight excluding hydrogens is 383 g/mol. The number of amides is 1. The summed E-state index contributed by atoms with van der Waals surface area (Å²) in [7, 11) is -1.13. The monoisotopic (exact) mass is 408 g/mol. The Bertz CT molecular complexity index is 951. The molecule has 2 aromatic rings. The lowest BCUT2D eigenvalue weighted by Gasteiger charge is -2.22. The van der Waals surface area contributed by atoms with Crippen LogP contribution in [0.2, 0.25) is 0 Å². The van der Waals surface area contributed by atoms with Crippen LogP contribution >= 0.6 is 0 Å². The second kappa shape index (κ2) is 8.28. The van der Waals surface area contributed by atoms with Gasteiger partial charge in [0.05, 0.1) is 24.2 Å². The Balaban J connectivity index is 2.18. The van der Waals surface area contributed by atoms with Crippen LogP contribution in [0.1, 0.15) is 26.3 Å². The van der Waals surface area contributed by atoms with Crippen molar-refractivity contribution >= 4 is 21.6 Å². The number of carbonyl (C=O) groups excluding carboxylic acids is 1. The molecule has 1 amide bonds. The summed E-state index contributed by atoms with van der Waals surface area (Å²) in [4.78, 5) is 12.4. The van der Waals surface area contributed by atoms with Crippen molar-refractivity contribution in [1.29, 1.82) is 0 Å². The molecule has 0 aromatic heterocycles. The van der Waals surface area contributed by atoms with Crippen LogP contribution in [0.25, 0.3) is 0 Å². The topological polar surface area (TPSA) is 75.7 Å². The van der Waals surface area contributed by atoms with E-state index in [4.69, 9.17) is 4.74 Å². The van der Waals surface area contributed by atoms with Crippen molar-refractivity contribution in [1.82, 2.24) is 4.31 Å². The highest BCUT2D eigenvalue weighted by Gasteiger charge is 2.24. The average molecular weight is 408 g/mol. The normalized spacial score (nSPS) is 12.1. The summed E-state index contributed by atoms with van der Waals surface area (Å²) in [6.07, 6.45) is 0. The van der Waals surface area contributed by atoms with Crippen molar-refractivity contribution in [2.45, 2.75) is 31.1 Å². The van der Waals surface area contributed by atoms with E-state index in [1.54, 1.807) is 6.07 Å². The van der Waals surface area contributed by atoms with E-state index in [0.717, 1.165) is 34.1 Å². The van der Waals surface area contributed by atoms with Gasteiger partial charge in [-0.25, -0.2) is 12.8 Å². The van der Waals surface area contributed by atoms with E-state index in [1.807, 2.05) is 32.9 Å². The lowest BCUT2D eigenvalue weighted by molar-refractivity contribution is -0.116. The Morgan fingerprint density at radius 1 is 1.14 bits per heavy atom. The first-order valence-corrected chi connectivity index (χ1v) is 10.1. The zero-order valence-corrected chi connectivity index (χ0v) is 17.4. The summed E-state index contributed by atoms with van der Waals surface area (Å²) in [5.74, 6) is -0.576. The number of ether oxygens (including phenoxy) is 1. The van der Waals surface area contributed by atoms with Crippen LogP contribution in [-0.4, -0.2) is 39.3 Å². The van der Waals surface area contributed by atoms with Crippen LogP contribution in [0.5, 0.6) is 5.75 Å². The van der Waals surface area contributed by atoms with Gasteiger partial charge in [-0.3, -0.25) is 4.79 Å². The van der Waals surface area contributed by atoms with Crippen LogP contribution in [0.4, 0.5) is 10.1 Å². The molecule has 0 bridgehead atoms. The molecule has 0 heterocycles. The SMILES string of the molecule is COc1ccc(C(C)(C)C)cc1NC(=O)CN(C)S(=O)(=O)c1ccc(F)cc1. The predicted octanol–water partition coefficient (Wildman–Crippen LogP) is 3.39. The number of halogens is 1. The van der Waals surface area contributed by atoms with Gasteiger partial charge in [0.2, 0.25) is 15.9 Å². The number of carbonyl (C=O) groups is 1. The molecule has 0 saturated heterocycles. The molecule has 0 aliphatic rings. The van der Waals surface area contributed by atoms with Gasteiger partial charge in [-0.15, -0.1) is 0 Å². The summed E-state index contributed by atoms with van der Waals surface area (Å²) in [6, 6.07) is 9.93. The Morgan fingerprint density at radius 3 is 2.29 bits per heavy atom. The van der Waals surface area contributed by atoms with E-state index in [0.29, 0.717) is 11.4 Å². The Labute approximate surface area is 165 Å². The Kier molecular flexibility index (Phi) is 6.46.